The van der Waals surface area contributed by atoms with Crippen LogP contribution in [-0.2, 0) is 16.9 Å². The summed E-state index contributed by atoms with van der Waals surface area (Å²) in [6.07, 6.45) is -0.368. The topological polar surface area (TPSA) is 57.6 Å². The van der Waals surface area contributed by atoms with Crippen LogP contribution in [0.1, 0.15) is 27.9 Å². The maximum absolute atomic E-state index is 13.6. The van der Waals surface area contributed by atoms with Crippen LogP contribution < -0.4 is 4.90 Å². The fourth-order valence-corrected chi connectivity index (χ4v) is 4.86. The van der Waals surface area contributed by atoms with Crippen LogP contribution in [-0.4, -0.2) is 16.8 Å². The van der Waals surface area contributed by atoms with Gasteiger partial charge >= 0.3 is 0 Å². The molecule has 0 radical (unpaired) electrons. The van der Waals surface area contributed by atoms with Crippen LogP contribution in [0, 0.1) is 0 Å². The highest BCUT2D eigenvalue weighted by Crippen LogP contribution is 2.45. The fourth-order valence-electron chi connectivity index (χ4n) is 4.42. The Morgan fingerprint density at radius 3 is 2.48 bits per heavy atom. The maximum Gasteiger partial charge on any atom is 0.264 e. The molecule has 33 heavy (non-hydrogen) atoms. The average Bonchev–Trinajstić information content (AvgIpc) is 3.01. The number of halogens is 2. The number of rotatable bonds is 5. The van der Waals surface area contributed by atoms with E-state index < -0.39 is 11.5 Å². The summed E-state index contributed by atoms with van der Waals surface area (Å²) in [5.41, 5.74) is 0.296. The lowest BCUT2D eigenvalue weighted by atomic mass is 9.88. The Hall–Kier alpha value is -2.99. The van der Waals surface area contributed by atoms with E-state index in [2.05, 4.69) is 15.9 Å². The van der Waals surface area contributed by atoms with Crippen LogP contribution in [0.3, 0.4) is 0 Å². The molecule has 0 saturated carbocycles. The summed E-state index contributed by atoms with van der Waals surface area (Å²) in [5, 5.41) is 14.1. The Morgan fingerprint density at radius 2 is 1.70 bits per heavy atom. The molecule has 1 heterocycles. The first kappa shape index (κ1) is 21.8. The van der Waals surface area contributed by atoms with E-state index in [1.807, 2.05) is 42.5 Å². The van der Waals surface area contributed by atoms with E-state index in [0.29, 0.717) is 21.8 Å². The van der Waals surface area contributed by atoms with Crippen molar-refractivity contribution in [3.63, 3.8) is 0 Å². The summed E-state index contributed by atoms with van der Waals surface area (Å²) < 4.78 is 0.841. The van der Waals surface area contributed by atoms with Gasteiger partial charge < -0.3 is 10.0 Å². The lowest BCUT2D eigenvalue weighted by Crippen LogP contribution is -2.41. The van der Waals surface area contributed by atoms with Crippen molar-refractivity contribution < 1.29 is 14.7 Å². The first-order valence-electron chi connectivity index (χ1n) is 10.5. The maximum atomic E-state index is 13.6. The molecule has 0 bridgehead atoms. The van der Waals surface area contributed by atoms with Gasteiger partial charge in [-0.3, -0.25) is 9.59 Å². The Labute approximate surface area is 204 Å². The number of fused-ring (bicyclic) bond motifs is 2. The standard InChI is InChI=1S/C27H19BrClNO3/c28-20-10-8-18(9-11-20)25(31)15-27(33)23-14-21(29)12-13-24(23)30(26(27)32)16-19-6-3-5-17-4-1-2-7-22(17)19/h1-14,33H,15-16H2. The van der Waals surface area contributed by atoms with E-state index >= 15 is 0 Å². The molecule has 1 amide bonds. The van der Waals surface area contributed by atoms with Gasteiger partial charge in [-0.25, -0.2) is 0 Å². The van der Waals surface area contributed by atoms with Gasteiger partial charge in [0, 0.05) is 20.6 Å². The number of anilines is 1. The van der Waals surface area contributed by atoms with E-state index in [1.165, 1.54) is 0 Å². The van der Waals surface area contributed by atoms with Crippen molar-refractivity contribution >= 4 is 55.7 Å². The lowest BCUT2D eigenvalue weighted by Gasteiger charge is -2.23. The normalized spacial score (nSPS) is 17.4. The SMILES string of the molecule is O=C(CC1(O)C(=O)N(Cc2cccc3ccccc23)c2ccc(Cl)cc21)c1ccc(Br)cc1. The third kappa shape index (κ3) is 3.86. The predicted octanol–water partition coefficient (Wildman–Crippen LogP) is 6.26. The summed E-state index contributed by atoms with van der Waals surface area (Å²) in [6.45, 7) is 0.267. The first-order chi connectivity index (χ1) is 15.9. The number of amides is 1. The van der Waals surface area contributed by atoms with E-state index in [4.69, 9.17) is 11.6 Å². The summed E-state index contributed by atoms with van der Waals surface area (Å²) in [7, 11) is 0. The van der Waals surface area contributed by atoms with Crippen LogP contribution in [0.4, 0.5) is 5.69 Å². The molecule has 6 heteroatoms. The highest BCUT2D eigenvalue weighted by Gasteiger charge is 2.51. The third-order valence-corrected chi connectivity index (χ3v) is 6.85. The van der Waals surface area contributed by atoms with Gasteiger partial charge in [0.05, 0.1) is 18.7 Å². The smallest absolute Gasteiger partial charge is 0.264 e. The van der Waals surface area contributed by atoms with Gasteiger partial charge in [0.1, 0.15) is 0 Å². The number of hydrogen-bond acceptors (Lipinski definition) is 3. The number of aliphatic hydroxyl groups is 1. The van der Waals surface area contributed by atoms with Gasteiger partial charge in [0.25, 0.3) is 5.91 Å². The summed E-state index contributed by atoms with van der Waals surface area (Å²) in [5.74, 6) is -0.852. The predicted molar refractivity (Wildman–Crippen MR) is 134 cm³/mol. The molecule has 0 aliphatic carbocycles. The average molecular weight is 521 g/mol. The second-order valence-corrected chi connectivity index (χ2v) is 9.51. The van der Waals surface area contributed by atoms with Crippen LogP contribution in [0.15, 0.2) is 89.4 Å². The Balaban J connectivity index is 1.54. The number of hydrogen-bond donors (Lipinski definition) is 1. The van der Waals surface area contributed by atoms with Crippen molar-refractivity contribution in [1.29, 1.82) is 0 Å². The van der Waals surface area contributed by atoms with Gasteiger partial charge in [0.15, 0.2) is 11.4 Å². The minimum absolute atomic E-state index is 0.267. The number of carbonyl (C=O) groups is 2. The molecule has 5 rings (SSSR count). The highest BCUT2D eigenvalue weighted by molar-refractivity contribution is 9.10. The molecular weight excluding hydrogens is 502 g/mol. The van der Waals surface area contributed by atoms with Gasteiger partial charge in [-0.15, -0.1) is 0 Å². The Morgan fingerprint density at radius 1 is 0.970 bits per heavy atom. The zero-order chi connectivity index (χ0) is 23.2. The summed E-state index contributed by atoms with van der Waals surface area (Å²) >= 11 is 9.58. The van der Waals surface area contributed by atoms with Crippen molar-refractivity contribution in [1.82, 2.24) is 0 Å². The number of nitrogens with zero attached hydrogens (tertiary/aromatic N) is 1. The summed E-state index contributed by atoms with van der Waals surface area (Å²) in [6, 6.07) is 25.7. The molecule has 0 saturated heterocycles. The van der Waals surface area contributed by atoms with E-state index in [-0.39, 0.29) is 18.7 Å². The molecule has 1 aliphatic heterocycles. The number of benzene rings is 4. The summed E-state index contributed by atoms with van der Waals surface area (Å²) in [4.78, 5) is 28.2. The number of Topliss-reactive ketones (excluding diaryl/α,β-unsaturated/α-hetero) is 1. The Bertz CT molecular complexity index is 1400. The van der Waals surface area contributed by atoms with Gasteiger partial charge in [-0.05, 0) is 46.7 Å². The van der Waals surface area contributed by atoms with Gasteiger partial charge in [-0.2, -0.15) is 0 Å². The van der Waals surface area contributed by atoms with Crippen molar-refractivity contribution in [2.75, 3.05) is 4.90 Å². The van der Waals surface area contributed by atoms with Crippen molar-refractivity contribution in [2.45, 2.75) is 18.6 Å². The quantitative estimate of drug-likeness (QED) is 0.316. The number of carbonyl (C=O) groups excluding carboxylic acids is 2. The fraction of sp³-hybridized carbons (Fsp3) is 0.111. The van der Waals surface area contributed by atoms with Gasteiger partial charge in [0.2, 0.25) is 0 Å². The molecule has 0 fully saturated rings. The van der Waals surface area contributed by atoms with E-state index in [1.54, 1.807) is 47.4 Å². The molecule has 4 aromatic carbocycles. The van der Waals surface area contributed by atoms with Crippen molar-refractivity contribution in [3.05, 3.63) is 111 Å². The molecule has 0 spiro atoms. The minimum atomic E-state index is -1.99. The third-order valence-electron chi connectivity index (χ3n) is 6.08. The molecule has 4 nitrogen and oxygen atoms in total. The molecule has 1 aliphatic rings. The minimum Gasteiger partial charge on any atom is -0.375 e. The van der Waals surface area contributed by atoms with Crippen LogP contribution in [0.2, 0.25) is 5.02 Å². The monoisotopic (exact) mass is 519 g/mol. The van der Waals surface area contributed by atoms with Gasteiger partial charge in [-0.1, -0.05) is 82.1 Å². The van der Waals surface area contributed by atoms with Crippen LogP contribution in [0.5, 0.6) is 0 Å². The lowest BCUT2D eigenvalue weighted by molar-refractivity contribution is -0.136. The first-order valence-corrected chi connectivity index (χ1v) is 11.6. The second kappa shape index (κ2) is 8.41. The van der Waals surface area contributed by atoms with Crippen molar-refractivity contribution in [2.24, 2.45) is 0 Å². The molecule has 1 atom stereocenters. The largest absolute Gasteiger partial charge is 0.375 e. The van der Waals surface area contributed by atoms with E-state index in [0.717, 1.165) is 20.8 Å². The van der Waals surface area contributed by atoms with Crippen LogP contribution in [0.25, 0.3) is 10.8 Å². The zero-order valence-corrected chi connectivity index (χ0v) is 19.8. The van der Waals surface area contributed by atoms with Crippen molar-refractivity contribution in [3.8, 4) is 0 Å². The zero-order valence-electron chi connectivity index (χ0n) is 17.5. The molecule has 4 aromatic rings. The van der Waals surface area contributed by atoms with Crippen LogP contribution >= 0.6 is 27.5 Å². The molecule has 164 valence electrons. The molecule has 0 aromatic heterocycles. The molecular formula is C27H19BrClNO3. The number of ketones is 1. The second-order valence-electron chi connectivity index (χ2n) is 8.16. The van der Waals surface area contributed by atoms with E-state index in [9.17, 15) is 14.7 Å². The highest BCUT2D eigenvalue weighted by atomic mass is 79.9. The molecule has 1 unspecified atom stereocenters. The molecule has 1 N–H and O–H groups in total. The Kier molecular flexibility index (Phi) is 5.57.